The van der Waals surface area contributed by atoms with E-state index in [2.05, 4.69) is 5.32 Å². The van der Waals surface area contributed by atoms with Gasteiger partial charge in [0.15, 0.2) is 9.84 Å². The maximum Gasteiger partial charge on any atom is 0.237 e. The van der Waals surface area contributed by atoms with Crippen molar-refractivity contribution in [3.8, 4) is 0 Å². The van der Waals surface area contributed by atoms with Gasteiger partial charge in [-0.25, -0.2) is 8.42 Å². The SMILES string of the molecule is CNC1CCCC1CCS(=O)(=O)CC(=O)N(C)C. The van der Waals surface area contributed by atoms with E-state index in [0.29, 0.717) is 18.4 Å². The molecule has 6 heteroatoms. The minimum absolute atomic E-state index is 0.120. The van der Waals surface area contributed by atoms with Crippen LogP contribution in [-0.4, -0.2) is 57.9 Å². The van der Waals surface area contributed by atoms with Crippen LogP contribution in [0.25, 0.3) is 0 Å². The van der Waals surface area contributed by atoms with Crippen molar-refractivity contribution in [1.29, 1.82) is 0 Å². The van der Waals surface area contributed by atoms with E-state index in [9.17, 15) is 13.2 Å². The molecule has 1 amide bonds. The number of nitrogens with one attached hydrogen (secondary N) is 1. The fourth-order valence-electron chi connectivity index (χ4n) is 2.48. The standard InChI is InChI=1S/C12H24N2O3S/c1-13-11-6-4-5-10(11)7-8-18(16,17)9-12(15)14(2)3/h10-11,13H,4-9H2,1-3H3. The van der Waals surface area contributed by atoms with E-state index in [1.165, 1.54) is 4.90 Å². The average molecular weight is 276 g/mol. The Morgan fingerprint density at radius 1 is 1.33 bits per heavy atom. The van der Waals surface area contributed by atoms with Crippen LogP contribution in [0.1, 0.15) is 25.7 Å². The van der Waals surface area contributed by atoms with Crippen LogP contribution < -0.4 is 5.32 Å². The van der Waals surface area contributed by atoms with Crippen LogP contribution in [0.4, 0.5) is 0 Å². The molecule has 1 aliphatic carbocycles. The molecule has 1 saturated carbocycles. The second-order valence-corrected chi connectivity index (χ2v) is 7.44. The lowest BCUT2D eigenvalue weighted by atomic mass is 10.0. The summed E-state index contributed by atoms with van der Waals surface area (Å²) in [5, 5.41) is 3.24. The Bertz CT molecular complexity index is 379. The molecule has 1 N–H and O–H groups in total. The molecule has 106 valence electrons. The quantitative estimate of drug-likeness (QED) is 0.756. The summed E-state index contributed by atoms with van der Waals surface area (Å²) in [5.74, 6) is -0.155. The first-order valence-electron chi connectivity index (χ1n) is 6.43. The van der Waals surface area contributed by atoms with Gasteiger partial charge in [-0.1, -0.05) is 6.42 Å². The third kappa shape index (κ3) is 4.57. The number of carbonyl (C=O) groups is 1. The molecule has 5 nitrogen and oxygen atoms in total. The van der Waals surface area contributed by atoms with Gasteiger partial charge in [-0.2, -0.15) is 0 Å². The minimum atomic E-state index is -3.26. The second kappa shape index (κ2) is 6.52. The Morgan fingerprint density at radius 3 is 2.56 bits per heavy atom. The summed E-state index contributed by atoms with van der Waals surface area (Å²) >= 11 is 0. The smallest absolute Gasteiger partial charge is 0.237 e. The number of sulfone groups is 1. The zero-order valence-electron chi connectivity index (χ0n) is 11.5. The molecule has 18 heavy (non-hydrogen) atoms. The fourth-order valence-corrected chi connectivity index (χ4v) is 3.92. The van der Waals surface area contributed by atoms with Gasteiger partial charge < -0.3 is 10.2 Å². The van der Waals surface area contributed by atoms with Crippen molar-refractivity contribution in [2.45, 2.75) is 31.7 Å². The topological polar surface area (TPSA) is 66.5 Å². The molecule has 0 aromatic carbocycles. The maximum absolute atomic E-state index is 11.8. The van der Waals surface area contributed by atoms with Crippen LogP contribution in [0.2, 0.25) is 0 Å². The van der Waals surface area contributed by atoms with Crippen molar-refractivity contribution in [2.24, 2.45) is 5.92 Å². The first-order chi connectivity index (χ1) is 8.35. The molecule has 0 spiro atoms. The molecule has 0 bridgehead atoms. The Balaban J connectivity index is 2.44. The molecule has 0 aliphatic heterocycles. The lowest BCUT2D eigenvalue weighted by Crippen LogP contribution is -2.33. The van der Waals surface area contributed by atoms with E-state index in [0.717, 1.165) is 19.3 Å². The Morgan fingerprint density at radius 2 is 2.00 bits per heavy atom. The minimum Gasteiger partial charge on any atom is -0.348 e. The van der Waals surface area contributed by atoms with Gasteiger partial charge in [0.25, 0.3) is 0 Å². The molecular formula is C12H24N2O3S. The summed E-state index contributed by atoms with van der Waals surface area (Å²) in [6.07, 6.45) is 4.03. The van der Waals surface area contributed by atoms with Crippen LogP contribution in [0.3, 0.4) is 0 Å². The van der Waals surface area contributed by atoms with Gasteiger partial charge in [0.05, 0.1) is 5.75 Å². The van der Waals surface area contributed by atoms with Crippen LogP contribution in [0.15, 0.2) is 0 Å². The van der Waals surface area contributed by atoms with Crippen molar-refractivity contribution < 1.29 is 13.2 Å². The van der Waals surface area contributed by atoms with Gasteiger partial charge in [-0.15, -0.1) is 0 Å². The average Bonchev–Trinajstić information content (AvgIpc) is 2.73. The molecule has 1 aliphatic rings. The van der Waals surface area contributed by atoms with E-state index < -0.39 is 9.84 Å². The first-order valence-corrected chi connectivity index (χ1v) is 8.25. The van der Waals surface area contributed by atoms with Gasteiger partial charge in [0, 0.05) is 20.1 Å². The number of hydrogen-bond acceptors (Lipinski definition) is 4. The Hall–Kier alpha value is -0.620. The Kier molecular flexibility index (Phi) is 5.59. The first kappa shape index (κ1) is 15.4. The second-order valence-electron chi connectivity index (χ2n) is 5.26. The Labute approximate surface area is 110 Å². The summed E-state index contributed by atoms with van der Waals surface area (Å²) in [4.78, 5) is 12.7. The summed E-state index contributed by atoms with van der Waals surface area (Å²) in [6, 6.07) is 0.435. The molecular weight excluding hydrogens is 252 g/mol. The van der Waals surface area contributed by atoms with Crippen LogP contribution in [0, 0.1) is 5.92 Å². The van der Waals surface area contributed by atoms with E-state index in [1.807, 2.05) is 7.05 Å². The normalized spacial score (nSPS) is 24.2. The lowest BCUT2D eigenvalue weighted by molar-refractivity contribution is -0.125. The zero-order valence-corrected chi connectivity index (χ0v) is 12.3. The van der Waals surface area contributed by atoms with Gasteiger partial charge in [0.1, 0.15) is 5.75 Å². The van der Waals surface area contributed by atoms with E-state index >= 15 is 0 Å². The molecule has 0 saturated heterocycles. The predicted octanol–water partition coefficient (Wildman–Crippen LogP) is 0.268. The van der Waals surface area contributed by atoms with E-state index in [4.69, 9.17) is 0 Å². The molecule has 0 aromatic heterocycles. The van der Waals surface area contributed by atoms with Crippen molar-refractivity contribution >= 4 is 15.7 Å². The lowest BCUT2D eigenvalue weighted by Gasteiger charge is -2.18. The largest absolute Gasteiger partial charge is 0.348 e. The van der Waals surface area contributed by atoms with Gasteiger partial charge in [0.2, 0.25) is 5.91 Å². The van der Waals surface area contributed by atoms with Gasteiger partial charge in [-0.05, 0) is 32.2 Å². The van der Waals surface area contributed by atoms with Crippen LogP contribution in [-0.2, 0) is 14.6 Å². The number of nitrogens with zero attached hydrogens (tertiary/aromatic N) is 1. The molecule has 2 unspecified atom stereocenters. The number of carbonyl (C=O) groups excluding carboxylic acids is 1. The van der Waals surface area contributed by atoms with Crippen LogP contribution >= 0.6 is 0 Å². The summed E-state index contributed by atoms with van der Waals surface area (Å²) in [5.41, 5.74) is 0. The molecule has 0 aromatic rings. The van der Waals surface area contributed by atoms with Crippen molar-refractivity contribution in [1.82, 2.24) is 10.2 Å². The highest BCUT2D eigenvalue weighted by molar-refractivity contribution is 7.92. The predicted molar refractivity (Wildman–Crippen MR) is 72.2 cm³/mol. The highest BCUT2D eigenvalue weighted by Crippen LogP contribution is 2.28. The van der Waals surface area contributed by atoms with Crippen LogP contribution in [0.5, 0.6) is 0 Å². The number of rotatable bonds is 6. The molecule has 0 heterocycles. The third-order valence-electron chi connectivity index (χ3n) is 3.67. The van der Waals surface area contributed by atoms with Crippen molar-refractivity contribution in [3.05, 3.63) is 0 Å². The monoisotopic (exact) mass is 276 g/mol. The molecule has 1 fully saturated rings. The summed E-state index contributed by atoms with van der Waals surface area (Å²) in [6.45, 7) is 0. The summed E-state index contributed by atoms with van der Waals surface area (Å²) in [7, 11) is 1.81. The maximum atomic E-state index is 11.8. The van der Waals surface area contributed by atoms with Crippen molar-refractivity contribution in [3.63, 3.8) is 0 Å². The number of amides is 1. The van der Waals surface area contributed by atoms with E-state index in [1.54, 1.807) is 14.1 Å². The molecule has 1 rings (SSSR count). The third-order valence-corrected chi connectivity index (χ3v) is 5.22. The fraction of sp³-hybridized carbons (Fsp3) is 0.917. The molecule has 0 radical (unpaired) electrons. The molecule has 2 atom stereocenters. The van der Waals surface area contributed by atoms with Gasteiger partial charge in [-0.3, -0.25) is 4.79 Å². The van der Waals surface area contributed by atoms with Gasteiger partial charge >= 0.3 is 0 Å². The summed E-state index contributed by atoms with van der Waals surface area (Å²) < 4.78 is 23.7. The highest BCUT2D eigenvalue weighted by atomic mass is 32.2. The number of hydrogen-bond donors (Lipinski definition) is 1. The van der Waals surface area contributed by atoms with Crippen molar-refractivity contribution in [2.75, 3.05) is 32.6 Å². The highest BCUT2D eigenvalue weighted by Gasteiger charge is 2.28. The zero-order chi connectivity index (χ0) is 13.8. The van der Waals surface area contributed by atoms with E-state index in [-0.39, 0.29) is 17.4 Å².